The first-order valence-corrected chi connectivity index (χ1v) is 10.9. The molecule has 158 valence electrons. The van der Waals surface area contributed by atoms with Gasteiger partial charge in [-0.15, -0.1) is 6.58 Å². The number of halogens is 1. The van der Waals surface area contributed by atoms with Crippen molar-refractivity contribution in [2.45, 2.75) is 25.5 Å². The number of carbonyl (C=O) groups excluding carboxylic acids is 1. The minimum absolute atomic E-state index is 0.0282. The zero-order valence-electron chi connectivity index (χ0n) is 17.1. The molecule has 3 aromatic heterocycles. The topological polar surface area (TPSA) is 85.6 Å². The predicted octanol–water partition coefficient (Wildman–Crippen LogP) is 4.34. The number of benzene rings is 1. The molecule has 7 nitrogen and oxygen atoms in total. The molecule has 0 radical (unpaired) electrons. The summed E-state index contributed by atoms with van der Waals surface area (Å²) in [6.07, 6.45) is 3.27. The van der Waals surface area contributed by atoms with Gasteiger partial charge in [0.2, 0.25) is 0 Å². The average molecular weight is 454 g/mol. The molecule has 1 N–H and O–H groups in total. The summed E-state index contributed by atoms with van der Waals surface area (Å²) in [5.41, 5.74) is 3.37. The molecule has 0 saturated carbocycles. The van der Waals surface area contributed by atoms with E-state index in [-0.39, 0.29) is 17.1 Å². The molecule has 0 aliphatic rings. The van der Waals surface area contributed by atoms with Crippen LogP contribution in [0.2, 0.25) is 5.02 Å². The highest BCUT2D eigenvalue weighted by Gasteiger charge is 2.17. The number of ketones is 1. The number of carbonyl (C=O) groups is 1. The van der Waals surface area contributed by atoms with E-state index in [9.17, 15) is 9.59 Å². The summed E-state index contributed by atoms with van der Waals surface area (Å²) in [5.74, 6) is 0.123. The summed E-state index contributed by atoms with van der Waals surface area (Å²) in [7, 11) is 0. The molecule has 0 unspecified atom stereocenters. The van der Waals surface area contributed by atoms with Crippen molar-refractivity contribution in [3.63, 3.8) is 0 Å². The molecule has 4 rings (SSSR count). The second-order valence-corrected chi connectivity index (χ2v) is 8.44. The van der Waals surface area contributed by atoms with Gasteiger partial charge in [-0.25, -0.2) is 9.67 Å². The second kappa shape index (κ2) is 8.56. The first-order chi connectivity index (χ1) is 14.9. The molecule has 1 aromatic carbocycles. The summed E-state index contributed by atoms with van der Waals surface area (Å²) >= 11 is 7.27. The zero-order chi connectivity index (χ0) is 22.1. The first-order valence-electron chi connectivity index (χ1n) is 9.56. The number of aromatic nitrogens is 5. The van der Waals surface area contributed by atoms with E-state index in [4.69, 9.17) is 11.6 Å². The van der Waals surface area contributed by atoms with Crippen molar-refractivity contribution in [3.8, 4) is 5.69 Å². The molecule has 0 amide bonds. The fourth-order valence-electron chi connectivity index (χ4n) is 3.47. The Morgan fingerprint density at radius 3 is 2.87 bits per heavy atom. The summed E-state index contributed by atoms with van der Waals surface area (Å²) in [6.45, 7) is 8.30. The van der Waals surface area contributed by atoms with E-state index in [0.717, 1.165) is 11.4 Å². The fraction of sp³-hybridized carbons (Fsp3) is 0.182. The van der Waals surface area contributed by atoms with Gasteiger partial charge in [0.05, 0.1) is 17.6 Å². The van der Waals surface area contributed by atoms with E-state index in [1.165, 1.54) is 18.0 Å². The van der Waals surface area contributed by atoms with Gasteiger partial charge in [0.1, 0.15) is 5.39 Å². The van der Waals surface area contributed by atoms with Crippen LogP contribution in [0.25, 0.3) is 16.7 Å². The van der Waals surface area contributed by atoms with Gasteiger partial charge in [-0.3, -0.25) is 9.59 Å². The van der Waals surface area contributed by atoms with Gasteiger partial charge in [0, 0.05) is 28.5 Å². The summed E-state index contributed by atoms with van der Waals surface area (Å²) < 4.78 is 3.60. The van der Waals surface area contributed by atoms with Crippen LogP contribution in [-0.2, 0) is 6.54 Å². The summed E-state index contributed by atoms with van der Waals surface area (Å²) in [6, 6.07) is 9.02. The van der Waals surface area contributed by atoms with Gasteiger partial charge in [-0.2, -0.15) is 5.10 Å². The van der Waals surface area contributed by atoms with E-state index in [2.05, 4.69) is 21.6 Å². The SMILES string of the molecule is C=CCn1c(C)cc(C(=O)CSc2nc3c(cnn3-c3cccc(Cl)c3)c(=O)[nH]2)c1C. The molecule has 4 aromatic rings. The van der Waals surface area contributed by atoms with Crippen molar-refractivity contribution in [3.05, 3.63) is 81.5 Å². The maximum atomic E-state index is 12.8. The number of nitrogens with one attached hydrogen (secondary N) is 1. The minimum atomic E-state index is -0.308. The number of allylic oxidation sites excluding steroid dienone is 1. The van der Waals surface area contributed by atoms with Crippen LogP contribution >= 0.6 is 23.4 Å². The number of H-pyrrole nitrogens is 1. The molecule has 0 atom stereocenters. The number of rotatable bonds is 7. The van der Waals surface area contributed by atoms with E-state index < -0.39 is 0 Å². The van der Waals surface area contributed by atoms with Crippen molar-refractivity contribution in [2.75, 3.05) is 5.75 Å². The van der Waals surface area contributed by atoms with Crippen molar-refractivity contribution in [1.82, 2.24) is 24.3 Å². The number of aromatic amines is 1. The first kappa shape index (κ1) is 21.1. The molecule has 0 bridgehead atoms. The Balaban J connectivity index is 1.62. The third-order valence-electron chi connectivity index (χ3n) is 4.99. The molecule has 9 heteroatoms. The number of hydrogen-bond donors (Lipinski definition) is 1. The van der Waals surface area contributed by atoms with Crippen molar-refractivity contribution >= 4 is 40.2 Å². The van der Waals surface area contributed by atoms with Crippen LogP contribution in [0.4, 0.5) is 0 Å². The van der Waals surface area contributed by atoms with E-state index in [1.807, 2.05) is 30.5 Å². The van der Waals surface area contributed by atoms with Crippen LogP contribution in [0.5, 0.6) is 0 Å². The number of nitrogens with zero attached hydrogens (tertiary/aromatic N) is 4. The molecule has 3 heterocycles. The minimum Gasteiger partial charge on any atom is -0.345 e. The Labute approximate surface area is 187 Å². The number of aryl methyl sites for hydroxylation is 1. The highest BCUT2D eigenvalue weighted by molar-refractivity contribution is 7.99. The smallest absolute Gasteiger partial charge is 0.262 e. The van der Waals surface area contributed by atoms with Gasteiger partial charge >= 0.3 is 0 Å². The quantitative estimate of drug-likeness (QED) is 0.195. The van der Waals surface area contributed by atoms with Gasteiger partial charge < -0.3 is 9.55 Å². The molecule has 0 aliphatic carbocycles. The molecule has 0 aliphatic heterocycles. The Hall–Kier alpha value is -3.10. The molecule has 0 spiro atoms. The second-order valence-electron chi connectivity index (χ2n) is 7.04. The Morgan fingerprint density at radius 1 is 1.32 bits per heavy atom. The normalized spacial score (nSPS) is 11.2. The van der Waals surface area contributed by atoms with E-state index in [0.29, 0.717) is 39.0 Å². The van der Waals surface area contributed by atoms with Crippen molar-refractivity contribution < 1.29 is 4.79 Å². The Bertz CT molecular complexity index is 1370. The lowest BCUT2D eigenvalue weighted by atomic mass is 10.2. The number of fused-ring (bicyclic) bond motifs is 1. The summed E-state index contributed by atoms with van der Waals surface area (Å²) in [4.78, 5) is 32.6. The lowest BCUT2D eigenvalue weighted by Crippen LogP contribution is -2.11. The van der Waals surface area contributed by atoms with E-state index >= 15 is 0 Å². The third kappa shape index (κ3) is 4.08. The molecule has 0 fully saturated rings. The van der Waals surface area contributed by atoms with Crippen LogP contribution in [-0.4, -0.2) is 35.9 Å². The summed E-state index contributed by atoms with van der Waals surface area (Å²) in [5, 5.41) is 5.56. The van der Waals surface area contributed by atoms with Crippen LogP contribution in [0.3, 0.4) is 0 Å². The highest BCUT2D eigenvalue weighted by atomic mass is 35.5. The predicted molar refractivity (Wildman–Crippen MR) is 124 cm³/mol. The van der Waals surface area contributed by atoms with Gasteiger partial charge in [-0.1, -0.05) is 35.5 Å². The lowest BCUT2D eigenvalue weighted by Gasteiger charge is -2.06. The van der Waals surface area contributed by atoms with Gasteiger partial charge in [0.25, 0.3) is 5.56 Å². The van der Waals surface area contributed by atoms with Crippen LogP contribution in [0.15, 0.2) is 59.1 Å². The molecular weight excluding hydrogens is 434 g/mol. The van der Waals surface area contributed by atoms with Gasteiger partial charge in [0.15, 0.2) is 16.6 Å². The maximum Gasteiger partial charge on any atom is 0.262 e. The number of Topliss-reactive ketones (excluding diaryl/α,β-unsaturated/α-hetero) is 1. The largest absolute Gasteiger partial charge is 0.345 e. The molecule has 31 heavy (non-hydrogen) atoms. The molecular formula is C22H20ClN5O2S. The van der Waals surface area contributed by atoms with Crippen molar-refractivity contribution in [2.24, 2.45) is 0 Å². The Morgan fingerprint density at radius 2 is 2.13 bits per heavy atom. The Kier molecular flexibility index (Phi) is 5.84. The van der Waals surface area contributed by atoms with Crippen LogP contribution < -0.4 is 5.56 Å². The third-order valence-corrected chi connectivity index (χ3v) is 6.10. The number of hydrogen-bond acceptors (Lipinski definition) is 5. The monoisotopic (exact) mass is 453 g/mol. The standard InChI is InChI=1S/C22H20ClN5O2S/c1-4-8-27-13(2)9-17(14(27)3)19(29)12-31-22-25-20-18(21(30)26-22)11-24-28(20)16-7-5-6-15(23)10-16/h4-7,9-11H,1,8,12H2,2-3H3,(H,25,26,30). The fourth-order valence-corrected chi connectivity index (χ4v) is 4.39. The highest BCUT2D eigenvalue weighted by Crippen LogP contribution is 2.22. The van der Waals surface area contributed by atoms with Crippen LogP contribution in [0, 0.1) is 13.8 Å². The molecule has 0 saturated heterocycles. The zero-order valence-corrected chi connectivity index (χ0v) is 18.6. The number of thioether (sulfide) groups is 1. The van der Waals surface area contributed by atoms with E-state index in [1.54, 1.807) is 29.0 Å². The van der Waals surface area contributed by atoms with Gasteiger partial charge in [-0.05, 0) is 38.1 Å². The van der Waals surface area contributed by atoms with Crippen molar-refractivity contribution in [1.29, 1.82) is 0 Å². The average Bonchev–Trinajstić information content (AvgIpc) is 3.29. The maximum absolute atomic E-state index is 12.8. The lowest BCUT2D eigenvalue weighted by molar-refractivity contribution is 0.102. The van der Waals surface area contributed by atoms with Crippen LogP contribution in [0.1, 0.15) is 21.7 Å².